The molecule has 4 nitrogen and oxygen atoms in total. The Balaban J connectivity index is 0. The molecule has 0 saturated carbocycles. The maximum atomic E-state index is 11.6. The second-order valence-electron chi connectivity index (χ2n) is 5.64. The van der Waals surface area contributed by atoms with E-state index in [9.17, 15) is 4.79 Å². The summed E-state index contributed by atoms with van der Waals surface area (Å²) in [5.74, 6) is 0.750. The first kappa shape index (κ1) is 22.6. The van der Waals surface area contributed by atoms with Gasteiger partial charge in [-0.05, 0) is 59.3 Å². The standard InChI is InChI=1S/C16H27NO3.C2H6/c1-8-12(3)10-14(9-2)19-11-13(4)17-15(18)20-16(5,6)7;1-2/h8-10,13H,1,11H2,2-7H3,(H,17,18);1-2H3/b12-10-,14-9+;. The van der Waals surface area contributed by atoms with Crippen molar-refractivity contribution in [3.05, 3.63) is 36.1 Å². The number of hydrogen-bond donors (Lipinski definition) is 1. The summed E-state index contributed by atoms with van der Waals surface area (Å²) in [4.78, 5) is 11.6. The molecule has 0 saturated heterocycles. The third-order valence-corrected chi connectivity index (χ3v) is 2.24. The van der Waals surface area contributed by atoms with Gasteiger partial charge < -0.3 is 14.8 Å². The molecule has 1 atom stereocenters. The number of hydrogen-bond acceptors (Lipinski definition) is 3. The summed E-state index contributed by atoms with van der Waals surface area (Å²) >= 11 is 0. The zero-order valence-electron chi connectivity index (χ0n) is 15.4. The van der Waals surface area contributed by atoms with Crippen LogP contribution in [-0.2, 0) is 9.47 Å². The van der Waals surface area contributed by atoms with Gasteiger partial charge >= 0.3 is 6.09 Å². The molecule has 0 radical (unpaired) electrons. The van der Waals surface area contributed by atoms with E-state index in [1.807, 2.05) is 67.5 Å². The average molecular weight is 311 g/mol. The maximum Gasteiger partial charge on any atom is 0.407 e. The second-order valence-corrected chi connectivity index (χ2v) is 5.64. The SMILES string of the molecule is C=C/C(C)=C\C(=C/C)OCC(C)NC(=O)OC(C)(C)C.CC. The highest BCUT2D eigenvalue weighted by molar-refractivity contribution is 5.68. The van der Waals surface area contributed by atoms with Crippen molar-refractivity contribution < 1.29 is 14.3 Å². The summed E-state index contributed by atoms with van der Waals surface area (Å²) in [6.07, 6.45) is 5.09. The quantitative estimate of drug-likeness (QED) is 0.556. The van der Waals surface area contributed by atoms with E-state index in [0.29, 0.717) is 6.61 Å². The molecule has 0 spiro atoms. The molecule has 22 heavy (non-hydrogen) atoms. The van der Waals surface area contributed by atoms with E-state index in [4.69, 9.17) is 9.47 Å². The van der Waals surface area contributed by atoms with Crippen LogP contribution in [0.2, 0.25) is 0 Å². The summed E-state index contributed by atoms with van der Waals surface area (Å²) in [5.41, 5.74) is 0.522. The van der Waals surface area contributed by atoms with Gasteiger partial charge in [0.2, 0.25) is 0 Å². The molecule has 0 aromatic carbocycles. The predicted molar refractivity (Wildman–Crippen MR) is 93.8 cm³/mol. The van der Waals surface area contributed by atoms with E-state index in [1.54, 1.807) is 6.08 Å². The van der Waals surface area contributed by atoms with E-state index >= 15 is 0 Å². The molecule has 4 heteroatoms. The first-order chi connectivity index (χ1) is 10.2. The smallest absolute Gasteiger partial charge is 0.407 e. The molecule has 0 fully saturated rings. The van der Waals surface area contributed by atoms with Crippen molar-refractivity contribution in [2.24, 2.45) is 0 Å². The summed E-state index contributed by atoms with van der Waals surface area (Å²) in [6.45, 7) is 19.3. The van der Waals surface area contributed by atoms with Gasteiger partial charge in [0.1, 0.15) is 18.0 Å². The number of ether oxygens (including phenoxy) is 2. The zero-order valence-corrected chi connectivity index (χ0v) is 15.4. The van der Waals surface area contributed by atoms with Gasteiger partial charge in [0.05, 0.1) is 6.04 Å². The highest BCUT2D eigenvalue weighted by Crippen LogP contribution is 2.08. The van der Waals surface area contributed by atoms with E-state index in [-0.39, 0.29) is 6.04 Å². The molecule has 0 aliphatic carbocycles. The largest absolute Gasteiger partial charge is 0.492 e. The maximum absolute atomic E-state index is 11.6. The van der Waals surface area contributed by atoms with Crippen molar-refractivity contribution in [3.8, 4) is 0 Å². The van der Waals surface area contributed by atoms with Crippen LogP contribution in [0.1, 0.15) is 55.4 Å². The molecule has 0 aromatic heterocycles. The molecule has 0 aliphatic heterocycles. The Morgan fingerprint density at radius 3 is 2.27 bits per heavy atom. The van der Waals surface area contributed by atoms with Crippen LogP contribution in [0.15, 0.2) is 36.1 Å². The van der Waals surface area contributed by atoms with Crippen LogP contribution in [0.3, 0.4) is 0 Å². The fraction of sp³-hybridized carbons (Fsp3) is 0.611. The number of alkyl carbamates (subject to hydrolysis) is 1. The second kappa shape index (κ2) is 11.9. The molecule has 1 amide bonds. The lowest BCUT2D eigenvalue weighted by Gasteiger charge is -2.22. The minimum atomic E-state index is -0.497. The molecule has 0 rings (SSSR count). The third-order valence-electron chi connectivity index (χ3n) is 2.24. The van der Waals surface area contributed by atoms with Crippen LogP contribution >= 0.6 is 0 Å². The van der Waals surface area contributed by atoms with E-state index < -0.39 is 11.7 Å². The molecule has 0 bridgehead atoms. The minimum absolute atomic E-state index is 0.141. The Hall–Kier alpha value is -1.71. The van der Waals surface area contributed by atoms with Crippen molar-refractivity contribution in [2.45, 2.75) is 67.0 Å². The van der Waals surface area contributed by atoms with E-state index in [1.165, 1.54) is 0 Å². The normalized spacial score (nSPS) is 13.5. The molecule has 1 N–H and O–H groups in total. The molecular formula is C18H33NO3. The van der Waals surface area contributed by atoms with Crippen LogP contribution < -0.4 is 5.32 Å². The van der Waals surface area contributed by atoms with Gasteiger partial charge in [-0.2, -0.15) is 0 Å². The third kappa shape index (κ3) is 13.3. The van der Waals surface area contributed by atoms with Gasteiger partial charge in [0.25, 0.3) is 0 Å². The number of carbonyl (C=O) groups is 1. The molecule has 128 valence electrons. The number of rotatable bonds is 6. The Bertz CT molecular complexity index is 390. The van der Waals surface area contributed by atoms with E-state index in [2.05, 4.69) is 11.9 Å². The Labute approximate surface area is 136 Å². The first-order valence-electron chi connectivity index (χ1n) is 7.77. The lowest BCUT2D eigenvalue weighted by Crippen LogP contribution is -2.39. The molecule has 1 unspecified atom stereocenters. The first-order valence-corrected chi connectivity index (χ1v) is 7.77. The van der Waals surface area contributed by atoms with Crippen molar-refractivity contribution in [3.63, 3.8) is 0 Å². The summed E-state index contributed by atoms with van der Waals surface area (Å²) < 4.78 is 10.8. The van der Waals surface area contributed by atoms with Gasteiger partial charge in [0.15, 0.2) is 0 Å². The topological polar surface area (TPSA) is 47.6 Å². The van der Waals surface area contributed by atoms with Gasteiger partial charge in [-0.25, -0.2) is 4.79 Å². The number of nitrogens with one attached hydrogen (secondary N) is 1. The number of carbonyl (C=O) groups excluding carboxylic acids is 1. The summed E-state index contributed by atoms with van der Waals surface area (Å²) in [5, 5.41) is 2.73. The summed E-state index contributed by atoms with van der Waals surface area (Å²) in [7, 11) is 0. The van der Waals surface area contributed by atoms with Crippen LogP contribution in [0.5, 0.6) is 0 Å². The Kier molecular flexibility index (Phi) is 12.2. The van der Waals surface area contributed by atoms with Crippen LogP contribution in [-0.4, -0.2) is 24.3 Å². The molecule has 0 aliphatic rings. The number of amides is 1. The van der Waals surface area contributed by atoms with Crippen molar-refractivity contribution in [1.82, 2.24) is 5.32 Å². The van der Waals surface area contributed by atoms with Crippen LogP contribution in [0, 0.1) is 0 Å². The Morgan fingerprint density at radius 2 is 1.86 bits per heavy atom. The number of allylic oxidation sites excluding steroid dienone is 4. The highest BCUT2D eigenvalue weighted by Gasteiger charge is 2.17. The van der Waals surface area contributed by atoms with Crippen molar-refractivity contribution in [1.29, 1.82) is 0 Å². The van der Waals surface area contributed by atoms with E-state index in [0.717, 1.165) is 11.3 Å². The predicted octanol–water partition coefficient (Wildman–Crippen LogP) is 4.98. The van der Waals surface area contributed by atoms with Crippen molar-refractivity contribution >= 4 is 6.09 Å². The lowest BCUT2D eigenvalue weighted by atomic mass is 10.2. The van der Waals surface area contributed by atoms with Gasteiger partial charge in [0, 0.05) is 0 Å². The molecule has 0 aromatic rings. The Morgan fingerprint density at radius 1 is 1.32 bits per heavy atom. The lowest BCUT2D eigenvalue weighted by molar-refractivity contribution is 0.0482. The molecular weight excluding hydrogens is 278 g/mol. The monoisotopic (exact) mass is 311 g/mol. The fourth-order valence-corrected chi connectivity index (χ4v) is 1.26. The zero-order chi connectivity index (χ0) is 17.8. The summed E-state index contributed by atoms with van der Waals surface area (Å²) in [6, 6.07) is -0.141. The van der Waals surface area contributed by atoms with Gasteiger partial charge in [-0.1, -0.05) is 26.5 Å². The average Bonchev–Trinajstić information content (AvgIpc) is 2.43. The fourth-order valence-electron chi connectivity index (χ4n) is 1.26. The van der Waals surface area contributed by atoms with Gasteiger partial charge in [-0.3, -0.25) is 0 Å². The molecule has 0 heterocycles. The van der Waals surface area contributed by atoms with Crippen LogP contribution in [0.25, 0.3) is 0 Å². The van der Waals surface area contributed by atoms with Gasteiger partial charge in [-0.15, -0.1) is 0 Å². The van der Waals surface area contributed by atoms with Crippen LogP contribution in [0.4, 0.5) is 4.79 Å². The minimum Gasteiger partial charge on any atom is -0.492 e. The van der Waals surface area contributed by atoms with Crippen molar-refractivity contribution in [2.75, 3.05) is 6.61 Å². The highest BCUT2D eigenvalue weighted by atomic mass is 16.6.